The number of amides is 1. The minimum atomic E-state index is -0.435. The van der Waals surface area contributed by atoms with E-state index in [0.29, 0.717) is 30.1 Å². The smallest absolute Gasteiger partial charge is 0.271 e. The largest absolute Gasteiger partial charge is 0.497 e. The minimum Gasteiger partial charge on any atom is -0.497 e. The molecule has 8 nitrogen and oxygen atoms in total. The van der Waals surface area contributed by atoms with Gasteiger partial charge >= 0.3 is 0 Å². The summed E-state index contributed by atoms with van der Waals surface area (Å²) in [4.78, 5) is 28.0. The Bertz CT molecular complexity index is 1090. The molecule has 0 spiro atoms. The first-order chi connectivity index (χ1) is 14.0. The molecule has 0 fully saturated rings. The highest BCUT2D eigenvalue weighted by atomic mass is 32.1. The Hall–Kier alpha value is -3.04. The van der Waals surface area contributed by atoms with Crippen molar-refractivity contribution in [3.63, 3.8) is 0 Å². The molecule has 0 bridgehead atoms. The van der Waals surface area contributed by atoms with E-state index in [1.54, 1.807) is 29.9 Å². The van der Waals surface area contributed by atoms with Gasteiger partial charge in [-0.2, -0.15) is 4.99 Å². The van der Waals surface area contributed by atoms with Gasteiger partial charge in [-0.1, -0.05) is 23.5 Å². The van der Waals surface area contributed by atoms with E-state index in [2.05, 4.69) is 4.99 Å². The van der Waals surface area contributed by atoms with Gasteiger partial charge < -0.3 is 14.0 Å². The molecule has 0 unspecified atom stereocenters. The fourth-order valence-corrected chi connectivity index (χ4v) is 3.89. The Morgan fingerprint density at radius 1 is 1.24 bits per heavy atom. The number of non-ortho nitro benzene ring substituents is 1. The standard InChI is InChI=1S/C20H21N3O5S/c1-3-28-11-10-22-17-13-15(23(25)26)6-9-18(17)29-20(22)21-19(24)12-14-4-7-16(27-2)8-5-14/h4-9,13H,3,10-12H2,1-2H3. The van der Waals surface area contributed by atoms with E-state index in [1.807, 2.05) is 19.1 Å². The average molecular weight is 415 g/mol. The van der Waals surface area contributed by atoms with Crippen LogP contribution in [-0.2, 0) is 22.5 Å². The summed E-state index contributed by atoms with van der Waals surface area (Å²) in [5.41, 5.74) is 1.49. The van der Waals surface area contributed by atoms with Gasteiger partial charge in [0.25, 0.3) is 11.6 Å². The van der Waals surface area contributed by atoms with Crippen LogP contribution in [-0.4, -0.2) is 35.7 Å². The number of aromatic nitrogens is 1. The maximum Gasteiger partial charge on any atom is 0.271 e. The molecular weight excluding hydrogens is 394 g/mol. The van der Waals surface area contributed by atoms with E-state index in [9.17, 15) is 14.9 Å². The number of carbonyl (C=O) groups is 1. The number of ether oxygens (including phenoxy) is 2. The molecule has 0 saturated carbocycles. The van der Waals surface area contributed by atoms with Crippen LogP contribution in [0.3, 0.4) is 0 Å². The summed E-state index contributed by atoms with van der Waals surface area (Å²) in [6.07, 6.45) is 0.157. The molecule has 3 aromatic rings. The number of rotatable bonds is 8. The van der Waals surface area contributed by atoms with E-state index >= 15 is 0 Å². The van der Waals surface area contributed by atoms with Crippen molar-refractivity contribution in [2.24, 2.45) is 4.99 Å². The van der Waals surface area contributed by atoms with Gasteiger partial charge in [0.2, 0.25) is 0 Å². The van der Waals surface area contributed by atoms with Gasteiger partial charge in [-0.15, -0.1) is 0 Å². The minimum absolute atomic E-state index is 0.00318. The Morgan fingerprint density at radius 3 is 2.66 bits per heavy atom. The number of thiazole rings is 1. The molecule has 29 heavy (non-hydrogen) atoms. The summed E-state index contributed by atoms with van der Waals surface area (Å²) in [6, 6.07) is 11.9. The van der Waals surface area contributed by atoms with E-state index in [0.717, 1.165) is 16.0 Å². The zero-order valence-electron chi connectivity index (χ0n) is 16.2. The number of nitro groups is 1. The van der Waals surface area contributed by atoms with Crippen LogP contribution < -0.4 is 9.54 Å². The molecule has 0 saturated heterocycles. The maximum atomic E-state index is 12.5. The molecule has 0 aliphatic carbocycles. The third kappa shape index (κ3) is 5.07. The van der Waals surface area contributed by atoms with Crippen LogP contribution in [0.15, 0.2) is 47.5 Å². The van der Waals surface area contributed by atoms with Crippen LogP contribution in [0.4, 0.5) is 5.69 Å². The summed E-state index contributed by atoms with van der Waals surface area (Å²) in [5.74, 6) is 0.430. The van der Waals surface area contributed by atoms with Crippen LogP contribution in [0.1, 0.15) is 12.5 Å². The van der Waals surface area contributed by atoms with Gasteiger partial charge in [-0.25, -0.2) is 0 Å². The number of benzene rings is 2. The van der Waals surface area contributed by atoms with Gasteiger partial charge in [0.05, 0.1) is 35.3 Å². The Kier molecular flexibility index (Phi) is 6.73. The fraction of sp³-hybridized carbons (Fsp3) is 0.300. The lowest BCUT2D eigenvalue weighted by atomic mass is 10.1. The third-order valence-electron chi connectivity index (χ3n) is 4.27. The molecule has 0 aliphatic rings. The zero-order valence-corrected chi connectivity index (χ0v) is 17.0. The second kappa shape index (κ2) is 9.44. The predicted molar refractivity (Wildman–Crippen MR) is 110 cm³/mol. The molecule has 0 N–H and O–H groups in total. The lowest BCUT2D eigenvalue weighted by Crippen LogP contribution is -2.20. The van der Waals surface area contributed by atoms with Crippen LogP contribution in [0.2, 0.25) is 0 Å². The van der Waals surface area contributed by atoms with Gasteiger partial charge in [0.15, 0.2) is 4.80 Å². The topological polar surface area (TPSA) is 96.0 Å². The summed E-state index contributed by atoms with van der Waals surface area (Å²) in [7, 11) is 1.59. The molecule has 2 aromatic carbocycles. The predicted octanol–water partition coefficient (Wildman–Crippen LogP) is 3.33. The van der Waals surface area contributed by atoms with Crippen LogP contribution in [0.25, 0.3) is 10.2 Å². The molecule has 1 amide bonds. The van der Waals surface area contributed by atoms with Crippen molar-refractivity contribution >= 4 is 33.1 Å². The highest BCUT2D eigenvalue weighted by Gasteiger charge is 2.13. The zero-order chi connectivity index (χ0) is 20.8. The van der Waals surface area contributed by atoms with Crippen molar-refractivity contribution in [1.29, 1.82) is 0 Å². The molecular formula is C20H21N3O5S. The van der Waals surface area contributed by atoms with Gasteiger partial charge in [-0.05, 0) is 30.7 Å². The molecule has 1 aromatic heterocycles. The molecule has 1 heterocycles. The van der Waals surface area contributed by atoms with Crippen molar-refractivity contribution in [1.82, 2.24) is 4.57 Å². The normalized spacial score (nSPS) is 11.7. The summed E-state index contributed by atoms with van der Waals surface area (Å²) in [5, 5.41) is 11.1. The maximum absolute atomic E-state index is 12.5. The number of hydrogen-bond donors (Lipinski definition) is 0. The van der Waals surface area contributed by atoms with Crippen molar-refractivity contribution in [2.45, 2.75) is 19.9 Å². The van der Waals surface area contributed by atoms with Crippen molar-refractivity contribution in [3.05, 3.63) is 62.9 Å². The molecule has 152 valence electrons. The summed E-state index contributed by atoms with van der Waals surface area (Å²) in [6.45, 7) is 3.32. The number of hydrogen-bond acceptors (Lipinski definition) is 6. The second-order valence-corrected chi connectivity index (χ2v) is 7.18. The van der Waals surface area contributed by atoms with E-state index in [4.69, 9.17) is 9.47 Å². The first kappa shape index (κ1) is 20.7. The quantitative estimate of drug-likeness (QED) is 0.319. The van der Waals surface area contributed by atoms with Crippen molar-refractivity contribution in [3.8, 4) is 5.75 Å². The number of nitrogens with zero attached hydrogens (tertiary/aromatic N) is 3. The Balaban J connectivity index is 1.95. The SMILES string of the molecule is CCOCCn1c(=NC(=O)Cc2ccc(OC)cc2)sc2ccc([N+](=O)[O-])cc21. The van der Waals surface area contributed by atoms with E-state index in [-0.39, 0.29) is 18.0 Å². The summed E-state index contributed by atoms with van der Waals surface area (Å²) < 4.78 is 13.2. The molecule has 0 aliphatic heterocycles. The second-order valence-electron chi connectivity index (χ2n) is 6.17. The number of fused-ring (bicyclic) bond motifs is 1. The summed E-state index contributed by atoms with van der Waals surface area (Å²) >= 11 is 1.32. The fourth-order valence-electron chi connectivity index (χ4n) is 2.84. The van der Waals surface area contributed by atoms with E-state index < -0.39 is 4.92 Å². The van der Waals surface area contributed by atoms with Crippen molar-refractivity contribution in [2.75, 3.05) is 20.3 Å². The lowest BCUT2D eigenvalue weighted by Gasteiger charge is -2.05. The van der Waals surface area contributed by atoms with Crippen LogP contribution in [0.5, 0.6) is 5.75 Å². The number of methoxy groups -OCH3 is 1. The molecule has 9 heteroatoms. The molecule has 3 rings (SSSR count). The Labute approximate surface area is 171 Å². The Morgan fingerprint density at radius 2 is 2.00 bits per heavy atom. The molecule has 0 atom stereocenters. The van der Waals surface area contributed by atoms with Crippen molar-refractivity contribution < 1.29 is 19.2 Å². The van der Waals surface area contributed by atoms with Gasteiger partial charge in [0.1, 0.15) is 5.75 Å². The highest BCUT2D eigenvalue weighted by Crippen LogP contribution is 2.23. The monoisotopic (exact) mass is 415 g/mol. The number of carbonyl (C=O) groups excluding carboxylic acids is 1. The van der Waals surface area contributed by atoms with Crippen LogP contribution >= 0.6 is 11.3 Å². The van der Waals surface area contributed by atoms with Crippen LogP contribution in [0, 0.1) is 10.1 Å². The van der Waals surface area contributed by atoms with Gasteiger partial charge in [-0.3, -0.25) is 14.9 Å². The third-order valence-corrected chi connectivity index (χ3v) is 5.33. The lowest BCUT2D eigenvalue weighted by molar-refractivity contribution is -0.384. The van der Waals surface area contributed by atoms with E-state index in [1.165, 1.54) is 23.5 Å². The number of nitro benzene ring substituents is 1. The highest BCUT2D eigenvalue weighted by molar-refractivity contribution is 7.16. The average Bonchev–Trinajstić information content (AvgIpc) is 3.05. The first-order valence-electron chi connectivity index (χ1n) is 9.08. The molecule has 0 radical (unpaired) electrons. The van der Waals surface area contributed by atoms with Gasteiger partial charge in [0, 0.05) is 25.3 Å². The first-order valence-corrected chi connectivity index (χ1v) is 9.89.